The first-order valence-corrected chi connectivity index (χ1v) is 5.07. The topological polar surface area (TPSA) is 58.3 Å². The van der Waals surface area contributed by atoms with Gasteiger partial charge in [0.25, 0.3) is 0 Å². The summed E-state index contributed by atoms with van der Waals surface area (Å²) in [6.45, 7) is 1.90. The highest BCUT2D eigenvalue weighted by atomic mass is 79.9. The second kappa shape index (κ2) is 3.77. The van der Waals surface area contributed by atoms with E-state index in [1.54, 1.807) is 0 Å². The number of aliphatic hydroxyl groups excluding tert-OH is 1. The van der Waals surface area contributed by atoms with Crippen molar-refractivity contribution in [2.45, 2.75) is 18.9 Å². The summed E-state index contributed by atoms with van der Waals surface area (Å²) in [4.78, 5) is 0. The molecule has 2 N–H and O–H groups in total. The van der Waals surface area contributed by atoms with E-state index in [2.05, 4.69) is 26.4 Å². The summed E-state index contributed by atoms with van der Waals surface area (Å²) in [5.74, 6) is 1.18. The normalized spacial score (nSPS) is 22.5. The van der Waals surface area contributed by atoms with Crippen molar-refractivity contribution >= 4 is 15.9 Å². The third-order valence-electron chi connectivity index (χ3n) is 2.36. The Morgan fingerprint density at radius 3 is 3.15 bits per heavy atom. The summed E-state index contributed by atoms with van der Waals surface area (Å²) >= 11 is 3.24. The highest BCUT2D eigenvalue weighted by molar-refractivity contribution is 9.10. The summed E-state index contributed by atoms with van der Waals surface area (Å²) < 4.78 is 5.80. The quantitative estimate of drug-likeness (QED) is 0.818. The maximum Gasteiger partial charge on any atom is 0.155 e. The molecule has 1 aromatic rings. The molecule has 1 unspecified atom stereocenters. The molecule has 1 aliphatic heterocycles. The van der Waals surface area contributed by atoms with Crippen LogP contribution in [-0.2, 0) is 6.61 Å². The van der Waals surface area contributed by atoms with E-state index < -0.39 is 0 Å². The first kappa shape index (κ1) is 9.18. The molecular weight excluding hydrogens is 236 g/mol. The minimum Gasteiger partial charge on any atom is -0.391 e. The average Bonchev–Trinajstić information content (AvgIpc) is 2.71. The number of hydrogen-bond donors (Lipinski definition) is 2. The predicted molar refractivity (Wildman–Crippen MR) is 50.4 cm³/mol. The summed E-state index contributed by atoms with van der Waals surface area (Å²) in [7, 11) is 0. The number of hydrogen-bond acceptors (Lipinski definition) is 4. The Bertz CT molecular complexity index is 294. The first-order valence-electron chi connectivity index (χ1n) is 4.28. The second-order valence-electron chi connectivity index (χ2n) is 3.16. The molecule has 1 aromatic heterocycles. The molecule has 2 rings (SSSR count). The molecule has 72 valence electrons. The van der Waals surface area contributed by atoms with Gasteiger partial charge in [-0.05, 0) is 28.9 Å². The van der Waals surface area contributed by atoms with Gasteiger partial charge >= 0.3 is 0 Å². The smallest absolute Gasteiger partial charge is 0.155 e. The van der Waals surface area contributed by atoms with Crippen LogP contribution in [0.5, 0.6) is 0 Å². The highest BCUT2D eigenvalue weighted by Gasteiger charge is 2.25. The number of aromatic nitrogens is 1. The molecule has 13 heavy (non-hydrogen) atoms. The lowest BCUT2D eigenvalue weighted by Crippen LogP contribution is -2.08. The third kappa shape index (κ3) is 1.63. The fourth-order valence-electron chi connectivity index (χ4n) is 1.64. The van der Waals surface area contributed by atoms with Crippen LogP contribution in [0, 0.1) is 0 Å². The lowest BCUT2D eigenvalue weighted by Gasteiger charge is -2.04. The van der Waals surface area contributed by atoms with Crippen molar-refractivity contribution in [1.82, 2.24) is 10.5 Å². The van der Waals surface area contributed by atoms with E-state index in [0.717, 1.165) is 30.8 Å². The zero-order valence-electron chi connectivity index (χ0n) is 7.09. The fourth-order valence-corrected chi connectivity index (χ4v) is 2.04. The molecule has 0 spiro atoms. The second-order valence-corrected chi connectivity index (χ2v) is 3.92. The van der Waals surface area contributed by atoms with Crippen LogP contribution in [0.25, 0.3) is 0 Å². The molecule has 4 nitrogen and oxygen atoms in total. The zero-order chi connectivity index (χ0) is 9.26. The fraction of sp³-hybridized carbons (Fsp3) is 0.625. The molecule has 2 heterocycles. The monoisotopic (exact) mass is 246 g/mol. The van der Waals surface area contributed by atoms with Gasteiger partial charge in [-0.15, -0.1) is 0 Å². The average molecular weight is 247 g/mol. The molecule has 0 saturated carbocycles. The Balaban J connectivity index is 2.27. The Morgan fingerprint density at radius 2 is 2.54 bits per heavy atom. The first-order chi connectivity index (χ1) is 6.33. The van der Waals surface area contributed by atoms with Crippen molar-refractivity contribution in [1.29, 1.82) is 0 Å². The summed E-state index contributed by atoms with van der Waals surface area (Å²) in [6, 6.07) is 0. The summed E-state index contributed by atoms with van der Waals surface area (Å²) in [6.07, 6.45) is 1.05. The van der Waals surface area contributed by atoms with Crippen molar-refractivity contribution in [2.24, 2.45) is 0 Å². The van der Waals surface area contributed by atoms with Crippen LogP contribution in [0.2, 0.25) is 0 Å². The van der Waals surface area contributed by atoms with Crippen molar-refractivity contribution in [3.8, 4) is 0 Å². The maximum atomic E-state index is 9.10. The number of nitrogens with zero attached hydrogens (tertiary/aromatic N) is 1. The van der Waals surface area contributed by atoms with Crippen LogP contribution < -0.4 is 5.32 Å². The van der Waals surface area contributed by atoms with Crippen LogP contribution in [0.15, 0.2) is 9.13 Å². The van der Waals surface area contributed by atoms with Gasteiger partial charge in [-0.1, -0.05) is 5.16 Å². The zero-order valence-corrected chi connectivity index (χ0v) is 8.67. The number of halogens is 1. The minimum atomic E-state index is -0.0179. The van der Waals surface area contributed by atoms with Gasteiger partial charge in [0.05, 0.1) is 12.2 Å². The predicted octanol–water partition coefficient (Wildman–Crippen LogP) is 1.01. The van der Waals surface area contributed by atoms with E-state index in [9.17, 15) is 0 Å². The molecule has 1 saturated heterocycles. The van der Waals surface area contributed by atoms with E-state index >= 15 is 0 Å². The van der Waals surface area contributed by atoms with Gasteiger partial charge in [-0.25, -0.2) is 0 Å². The summed E-state index contributed by atoms with van der Waals surface area (Å²) in [5.41, 5.74) is 0.786. The molecule has 1 fully saturated rings. The number of rotatable bonds is 2. The van der Waals surface area contributed by atoms with Crippen LogP contribution in [-0.4, -0.2) is 23.4 Å². The standard InChI is InChI=1S/C8H11BrN2O2/c9-8-6(4-12)7(13-11-8)5-1-2-10-3-5/h5,10,12H,1-4H2. The minimum absolute atomic E-state index is 0.0179. The maximum absolute atomic E-state index is 9.10. The van der Waals surface area contributed by atoms with Crippen LogP contribution in [0.3, 0.4) is 0 Å². The van der Waals surface area contributed by atoms with Crippen LogP contribution >= 0.6 is 15.9 Å². The molecule has 1 atom stereocenters. The van der Waals surface area contributed by atoms with Crippen molar-refractivity contribution in [3.63, 3.8) is 0 Å². The van der Waals surface area contributed by atoms with Crippen LogP contribution in [0.4, 0.5) is 0 Å². The van der Waals surface area contributed by atoms with E-state index in [1.165, 1.54) is 0 Å². The number of nitrogens with one attached hydrogen (secondary N) is 1. The number of aliphatic hydroxyl groups is 1. The van der Waals surface area contributed by atoms with Crippen LogP contribution in [0.1, 0.15) is 23.7 Å². The molecular formula is C8H11BrN2O2. The molecule has 0 bridgehead atoms. The largest absolute Gasteiger partial charge is 0.391 e. The van der Waals surface area contributed by atoms with Crippen molar-refractivity contribution in [3.05, 3.63) is 15.9 Å². The molecule has 0 aromatic carbocycles. The van der Waals surface area contributed by atoms with Crippen molar-refractivity contribution < 1.29 is 9.63 Å². The lowest BCUT2D eigenvalue weighted by atomic mass is 10.0. The van der Waals surface area contributed by atoms with Crippen molar-refractivity contribution in [2.75, 3.05) is 13.1 Å². The molecule has 5 heteroatoms. The molecule has 0 radical (unpaired) electrons. The SMILES string of the molecule is OCc1c(Br)noc1C1CCNC1. The van der Waals surface area contributed by atoms with E-state index in [0.29, 0.717) is 10.5 Å². The Morgan fingerprint density at radius 1 is 1.69 bits per heavy atom. The van der Waals surface area contributed by atoms with Gasteiger partial charge in [0, 0.05) is 12.5 Å². The van der Waals surface area contributed by atoms with Gasteiger partial charge in [0.15, 0.2) is 4.60 Å². The van der Waals surface area contributed by atoms with E-state index in [-0.39, 0.29) is 6.61 Å². The Kier molecular flexibility index (Phi) is 2.66. The Labute approximate surface area is 84.4 Å². The van der Waals surface area contributed by atoms with Gasteiger partial charge < -0.3 is 14.9 Å². The van der Waals surface area contributed by atoms with E-state index in [1.807, 2.05) is 0 Å². The van der Waals surface area contributed by atoms with Gasteiger partial charge in [0.1, 0.15) is 5.76 Å². The van der Waals surface area contributed by atoms with Gasteiger partial charge in [-0.2, -0.15) is 0 Å². The van der Waals surface area contributed by atoms with Gasteiger partial charge in [-0.3, -0.25) is 0 Å². The van der Waals surface area contributed by atoms with E-state index in [4.69, 9.17) is 9.63 Å². The summed E-state index contributed by atoms with van der Waals surface area (Å²) in [5, 5.41) is 16.1. The lowest BCUT2D eigenvalue weighted by molar-refractivity contribution is 0.274. The molecule has 1 aliphatic rings. The molecule has 0 amide bonds. The highest BCUT2D eigenvalue weighted by Crippen LogP contribution is 2.29. The molecule has 0 aliphatic carbocycles. The third-order valence-corrected chi connectivity index (χ3v) is 2.98. The Hall–Kier alpha value is -0.390. The van der Waals surface area contributed by atoms with Gasteiger partial charge in [0.2, 0.25) is 0 Å².